The lowest BCUT2D eigenvalue weighted by Crippen LogP contribution is -2.36. The van der Waals surface area contributed by atoms with Gasteiger partial charge < -0.3 is 14.2 Å². The Bertz CT molecular complexity index is 971. The molecule has 152 valence electrons. The highest BCUT2D eigenvalue weighted by Gasteiger charge is 2.21. The zero-order valence-corrected chi connectivity index (χ0v) is 16.4. The van der Waals surface area contributed by atoms with Crippen molar-refractivity contribution in [3.8, 4) is 17.0 Å². The van der Waals surface area contributed by atoms with E-state index in [2.05, 4.69) is 14.7 Å². The first-order chi connectivity index (χ1) is 13.8. The molecule has 0 radical (unpaired) electrons. The molecule has 0 aliphatic rings. The first-order valence-electron chi connectivity index (χ1n) is 9.12. The van der Waals surface area contributed by atoms with Crippen LogP contribution in [0.5, 0.6) is 5.75 Å². The van der Waals surface area contributed by atoms with Crippen LogP contribution in [0.15, 0.2) is 55.1 Å². The van der Waals surface area contributed by atoms with Crippen LogP contribution in [0.25, 0.3) is 11.3 Å². The van der Waals surface area contributed by atoms with Gasteiger partial charge in [0, 0.05) is 37.6 Å². The van der Waals surface area contributed by atoms with E-state index in [1.54, 1.807) is 40.3 Å². The topological polar surface area (TPSA) is 60.3 Å². The Labute approximate surface area is 167 Å². The third-order valence-electron chi connectivity index (χ3n) is 4.36. The van der Waals surface area contributed by atoms with Gasteiger partial charge in [-0.05, 0) is 55.8 Å². The average molecular weight is 400 g/mol. The predicted molar refractivity (Wildman–Crippen MR) is 105 cm³/mol. The lowest BCUT2D eigenvalue weighted by molar-refractivity contribution is -0.0498. The fourth-order valence-corrected chi connectivity index (χ4v) is 2.89. The second-order valence-electron chi connectivity index (χ2n) is 6.90. The maximum absolute atomic E-state index is 12.8. The van der Waals surface area contributed by atoms with Crippen molar-refractivity contribution in [1.82, 2.24) is 19.4 Å². The molecular formula is C21H22F2N4O2. The Morgan fingerprint density at radius 1 is 1.17 bits per heavy atom. The van der Waals surface area contributed by atoms with Crippen LogP contribution in [0.3, 0.4) is 0 Å². The number of ether oxygens (including phenoxy) is 1. The minimum absolute atomic E-state index is 0.0214. The van der Waals surface area contributed by atoms with Crippen LogP contribution in [0.2, 0.25) is 0 Å². The maximum atomic E-state index is 12.8. The molecule has 0 saturated carbocycles. The number of hydrogen-bond acceptors (Lipinski definition) is 4. The molecule has 0 unspecified atom stereocenters. The Morgan fingerprint density at radius 3 is 2.48 bits per heavy atom. The van der Waals surface area contributed by atoms with Crippen LogP contribution in [0.4, 0.5) is 8.78 Å². The van der Waals surface area contributed by atoms with E-state index in [1.165, 1.54) is 12.1 Å². The average Bonchev–Trinajstić information content (AvgIpc) is 3.12. The van der Waals surface area contributed by atoms with Crippen LogP contribution in [0, 0.1) is 0 Å². The third kappa shape index (κ3) is 5.16. The molecule has 1 aromatic carbocycles. The molecule has 0 fully saturated rings. The van der Waals surface area contributed by atoms with Gasteiger partial charge in [0.15, 0.2) is 0 Å². The summed E-state index contributed by atoms with van der Waals surface area (Å²) in [6.45, 7) is 1.44. The van der Waals surface area contributed by atoms with Crippen molar-refractivity contribution in [2.45, 2.75) is 33.0 Å². The highest BCUT2D eigenvalue weighted by atomic mass is 19.3. The number of alkyl halides is 2. The summed E-state index contributed by atoms with van der Waals surface area (Å²) in [5.41, 5.74) is 2.74. The number of amides is 1. The van der Waals surface area contributed by atoms with E-state index in [-0.39, 0.29) is 17.7 Å². The number of hydrogen-bond donors (Lipinski definition) is 0. The van der Waals surface area contributed by atoms with E-state index in [9.17, 15) is 13.6 Å². The molecule has 29 heavy (non-hydrogen) atoms. The van der Waals surface area contributed by atoms with E-state index in [1.807, 2.05) is 33.0 Å². The summed E-state index contributed by atoms with van der Waals surface area (Å²) < 4.78 is 30.7. The molecule has 1 amide bonds. The van der Waals surface area contributed by atoms with Gasteiger partial charge in [-0.3, -0.25) is 9.78 Å². The molecule has 0 saturated heterocycles. The van der Waals surface area contributed by atoms with Crippen molar-refractivity contribution in [3.63, 3.8) is 0 Å². The SMILES string of the molecule is CC(C)N(Cc1ccnc(-c2ccc(OC(F)F)cc2)c1)C(=O)c1cn(C)cn1. The highest BCUT2D eigenvalue weighted by molar-refractivity contribution is 5.92. The molecule has 0 aliphatic carbocycles. The van der Waals surface area contributed by atoms with Crippen LogP contribution in [-0.4, -0.2) is 38.0 Å². The summed E-state index contributed by atoms with van der Waals surface area (Å²) in [6, 6.07) is 9.99. The van der Waals surface area contributed by atoms with Gasteiger partial charge in [-0.1, -0.05) is 0 Å². The molecule has 8 heteroatoms. The molecular weight excluding hydrogens is 378 g/mol. The van der Waals surface area contributed by atoms with Crippen molar-refractivity contribution < 1.29 is 18.3 Å². The second kappa shape index (κ2) is 8.81. The monoisotopic (exact) mass is 400 g/mol. The number of aromatic nitrogens is 3. The molecule has 0 atom stereocenters. The van der Waals surface area contributed by atoms with Crippen molar-refractivity contribution in [1.29, 1.82) is 0 Å². The second-order valence-corrected chi connectivity index (χ2v) is 6.90. The van der Waals surface area contributed by atoms with E-state index < -0.39 is 6.61 Å². The number of imidazole rings is 1. The minimum atomic E-state index is -2.86. The third-order valence-corrected chi connectivity index (χ3v) is 4.36. The van der Waals surface area contributed by atoms with E-state index in [4.69, 9.17) is 0 Å². The highest BCUT2D eigenvalue weighted by Crippen LogP contribution is 2.23. The van der Waals surface area contributed by atoms with Crippen molar-refractivity contribution in [2.24, 2.45) is 7.05 Å². The summed E-state index contributed by atoms with van der Waals surface area (Å²) in [7, 11) is 1.82. The van der Waals surface area contributed by atoms with Crippen LogP contribution in [-0.2, 0) is 13.6 Å². The van der Waals surface area contributed by atoms with Gasteiger partial charge in [0.05, 0.1) is 12.0 Å². The van der Waals surface area contributed by atoms with Crippen molar-refractivity contribution in [2.75, 3.05) is 0 Å². The molecule has 0 N–H and O–H groups in total. The predicted octanol–water partition coefficient (Wildman–Crippen LogP) is 4.13. The van der Waals surface area contributed by atoms with Gasteiger partial charge in [-0.25, -0.2) is 4.98 Å². The number of nitrogens with zero attached hydrogens (tertiary/aromatic N) is 4. The maximum Gasteiger partial charge on any atom is 0.387 e. The van der Waals surface area contributed by atoms with Gasteiger partial charge in [0.25, 0.3) is 5.91 Å². The summed E-state index contributed by atoms with van der Waals surface area (Å²) in [4.78, 5) is 23.1. The number of carbonyl (C=O) groups excluding carboxylic acids is 1. The zero-order valence-electron chi connectivity index (χ0n) is 16.4. The van der Waals surface area contributed by atoms with E-state index in [0.717, 1.165) is 11.1 Å². The largest absolute Gasteiger partial charge is 0.435 e. The first-order valence-corrected chi connectivity index (χ1v) is 9.12. The number of pyridine rings is 1. The summed E-state index contributed by atoms with van der Waals surface area (Å²) in [5.74, 6) is -0.0562. The fraction of sp³-hybridized carbons (Fsp3) is 0.286. The van der Waals surface area contributed by atoms with Gasteiger partial charge in [0.1, 0.15) is 11.4 Å². The number of rotatable bonds is 7. The van der Waals surface area contributed by atoms with Crippen molar-refractivity contribution >= 4 is 5.91 Å². The van der Waals surface area contributed by atoms with Gasteiger partial charge in [0.2, 0.25) is 0 Å². The smallest absolute Gasteiger partial charge is 0.387 e. The van der Waals surface area contributed by atoms with E-state index >= 15 is 0 Å². The van der Waals surface area contributed by atoms with Gasteiger partial charge in [-0.2, -0.15) is 8.78 Å². The number of halogens is 2. The standard InChI is InChI=1S/C21H22F2N4O2/c1-14(2)27(20(28)19-12-26(3)13-25-19)11-15-8-9-24-18(10-15)16-4-6-17(7-5-16)29-21(22)23/h4-10,12-14,21H,11H2,1-3H3. The molecule has 2 heterocycles. The van der Waals surface area contributed by atoms with Gasteiger partial charge >= 0.3 is 6.61 Å². The Hall–Kier alpha value is -3.29. The van der Waals surface area contributed by atoms with Crippen LogP contribution < -0.4 is 4.74 Å². The summed E-state index contributed by atoms with van der Waals surface area (Å²) in [5, 5.41) is 0. The van der Waals surface area contributed by atoms with Gasteiger partial charge in [-0.15, -0.1) is 0 Å². The number of benzene rings is 1. The van der Waals surface area contributed by atoms with Crippen molar-refractivity contribution in [3.05, 3.63) is 66.4 Å². The molecule has 6 nitrogen and oxygen atoms in total. The Morgan fingerprint density at radius 2 is 1.90 bits per heavy atom. The molecule has 3 aromatic rings. The number of aryl methyl sites for hydroxylation is 1. The molecule has 3 rings (SSSR count). The number of carbonyl (C=O) groups is 1. The zero-order chi connectivity index (χ0) is 21.0. The fourth-order valence-electron chi connectivity index (χ4n) is 2.89. The lowest BCUT2D eigenvalue weighted by Gasteiger charge is -2.26. The molecule has 2 aromatic heterocycles. The normalized spacial score (nSPS) is 11.1. The summed E-state index contributed by atoms with van der Waals surface area (Å²) in [6.07, 6.45) is 4.95. The van der Waals surface area contributed by atoms with Crippen LogP contribution in [0.1, 0.15) is 29.9 Å². The van der Waals surface area contributed by atoms with E-state index in [0.29, 0.717) is 17.9 Å². The first kappa shape index (κ1) is 20.4. The Balaban J connectivity index is 1.79. The molecule has 0 spiro atoms. The quantitative estimate of drug-likeness (QED) is 0.598. The molecule has 0 aliphatic heterocycles. The lowest BCUT2D eigenvalue weighted by atomic mass is 10.1. The Kier molecular flexibility index (Phi) is 6.21. The minimum Gasteiger partial charge on any atom is -0.435 e. The van der Waals surface area contributed by atoms with Crippen LogP contribution >= 0.6 is 0 Å². The molecule has 0 bridgehead atoms. The summed E-state index contributed by atoms with van der Waals surface area (Å²) >= 11 is 0.